The van der Waals surface area contributed by atoms with E-state index < -0.39 is 27.7 Å². The van der Waals surface area contributed by atoms with Gasteiger partial charge in [0.1, 0.15) is 17.9 Å². The van der Waals surface area contributed by atoms with Crippen LogP contribution in [0.1, 0.15) is 18.4 Å². The van der Waals surface area contributed by atoms with Crippen molar-refractivity contribution in [2.45, 2.75) is 18.3 Å². The number of aldehydes is 1. The van der Waals surface area contributed by atoms with Crippen LogP contribution in [0.5, 0.6) is 0 Å². The number of carbonyl (C=O) groups excluding carboxylic acids is 1. The smallest absolute Gasteiger partial charge is 0.275 e. The van der Waals surface area contributed by atoms with Crippen LogP contribution in [-0.2, 0) is 10.2 Å². The maximum Gasteiger partial charge on any atom is 0.275 e. The molecule has 0 aromatic heterocycles. The fourth-order valence-corrected chi connectivity index (χ4v) is 1.70. The van der Waals surface area contributed by atoms with Crippen molar-refractivity contribution >= 4 is 12.0 Å². The van der Waals surface area contributed by atoms with Gasteiger partial charge in [0.25, 0.3) is 5.69 Å². The molecule has 84 valence electrons. The molecule has 0 spiro atoms. The number of nitro benzene ring substituents is 1. The van der Waals surface area contributed by atoms with Gasteiger partial charge >= 0.3 is 0 Å². The predicted octanol–water partition coefficient (Wildman–Crippen LogP) is 2.10. The summed E-state index contributed by atoms with van der Waals surface area (Å²) in [5.74, 6) is -2.06. The van der Waals surface area contributed by atoms with Gasteiger partial charge in [0.2, 0.25) is 0 Å². The van der Waals surface area contributed by atoms with Crippen molar-refractivity contribution in [2.24, 2.45) is 0 Å². The van der Waals surface area contributed by atoms with Crippen LogP contribution >= 0.6 is 0 Å². The van der Waals surface area contributed by atoms with E-state index in [1.165, 1.54) is 0 Å². The van der Waals surface area contributed by atoms with Crippen LogP contribution in [0.3, 0.4) is 0 Å². The van der Waals surface area contributed by atoms with Crippen LogP contribution in [0.15, 0.2) is 12.1 Å². The van der Waals surface area contributed by atoms with Crippen molar-refractivity contribution < 1.29 is 18.5 Å². The minimum atomic E-state index is -1.11. The summed E-state index contributed by atoms with van der Waals surface area (Å²) >= 11 is 0. The molecule has 0 aliphatic heterocycles. The molecule has 0 atom stereocenters. The van der Waals surface area contributed by atoms with Crippen molar-refractivity contribution in [3.8, 4) is 0 Å². The number of rotatable bonds is 3. The molecular formula is C10H7F2NO3. The Morgan fingerprint density at radius 3 is 2.12 bits per heavy atom. The summed E-state index contributed by atoms with van der Waals surface area (Å²) in [6.07, 6.45) is 1.25. The number of nitrogens with zero attached hydrogens (tertiary/aromatic N) is 1. The molecule has 1 aromatic carbocycles. The SMILES string of the molecule is O=CC1(c2c(F)cc([N+](=O)[O-])cc2F)CC1. The molecule has 2 rings (SSSR count). The fraction of sp³-hybridized carbons (Fsp3) is 0.300. The van der Waals surface area contributed by atoms with Crippen molar-refractivity contribution in [2.75, 3.05) is 0 Å². The highest BCUT2D eigenvalue weighted by atomic mass is 19.1. The molecule has 4 nitrogen and oxygen atoms in total. The van der Waals surface area contributed by atoms with E-state index in [0.717, 1.165) is 0 Å². The highest BCUT2D eigenvalue weighted by Crippen LogP contribution is 2.48. The summed E-state index contributed by atoms with van der Waals surface area (Å²) in [6.45, 7) is 0. The van der Waals surface area contributed by atoms with E-state index in [2.05, 4.69) is 0 Å². The second-order valence-electron chi connectivity index (χ2n) is 3.82. The molecule has 0 bridgehead atoms. The van der Waals surface area contributed by atoms with Gasteiger partial charge in [-0.2, -0.15) is 0 Å². The summed E-state index contributed by atoms with van der Waals surface area (Å²) in [6, 6.07) is 1.28. The first-order chi connectivity index (χ1) is 7.50. The molecule has 1 aromatic rings. The van der Waals surface area contributed by atoms with Crippen molar-refractivity contribution in [1.29, 1.82) is 0 Å². The molecule has 0 saturated heterocycles. The number of benzene rings is 1. The average molecular weight is 227 g/mol. The predicted molar refractivity (Wildman–Crippen MR) is 50.0 cm³/mol. The first-order valence-corrected chi connectivity index (χ1v) is 4.60. The van der Waals surface area contributed by atoms with Gasteiger partial charge in [-0.3, -0.25) is 10.1 Å². The summed E-state index contributed by atoms with van der Waals surface area (Å²) < 4.78 is 27.0. The Hall–Kier alpha value is -1.85. The maximum atomic E-state index is 13.5. The second kappa shape index (κ2) is 3.33. The number of non-ortho nitro benzene ring substituents is 1. The van der Waals surface area contributed by atoms with Gasteiger partial charge < -0.3 is 4.79 Å². The molecule has 0 N–H and O–H groups in total. The second-order valence-corrected chi connectivity index (χ2v) is 3.82. The Kier molecular flexibility index (Phi) is 2.22. The summed E-state index contributed by atoms with van der Waals surface area (Å²) in [5, 5.41) is 10.4. The molecule has 16 heavy (non-hydrogen) atoms. The maximum absolute atomic E-state index is 13.5. The van der Waals surface area contributed by atoms with E-state index >= 15 is 0 Å². The number of hydrogen-bond acceptors (Lipinski definition) is 3. The van der Waals surface area contributed by atoms with Crippen molar-refractivity contribution in [3.05, 3.63) is 39.4 Å². The Morgan fingerprint density at radius 1 is 1.31 bits per heavy atom. The van der Waals surface area contributed by atoms with Crippen LogP contribution in [0.4, 0.5) is 14.5 Å². The molecule has 1 saturated carbocycles. The largest absolute Gasteiger partial charge is 0.302 e. The van der Waals surface area contributed by atoms with Crippen molar-refractivity contribution in [3.63, 3.8) is 0 Å². The average Bonchev–Trinajstić information content (AvgIpc) is 2.97. The monoisotopic (exact) mass is 227 g/mol. The lowest BCUT2D eigenvalue weighted by Crippen LogP contribution is -2.13. The zero-order chi connectivity index (χ0) is 11.9. The van der Waals surface area contributed by atoms with Gasteiger partial charge in [-0.05, 0) is 12.8 Å². The normalized spacial score (nSPS) is 16.9. The first kappa shape index (κ1) is 10.7. The minimum absolute atomic E-state index is 0.354. The lowest BCUT2D eigenvalue weighted by atomic mass is 9.96. The van der Waals surface area contributed by atoms with E-state index in [-0.39, 0.29) is 5.56 Å². The van der Waals surface area contributed by atoms with Crippen LogP contribution < -0.4 is 0 Å². The standard InChI is InChI=1S/C10H7F2NO3/c11-7-3-6(13(15)16)4-8(12)9(7)10(5-14)1-2-10/h3-5H,1-2H2. The van der Waals surface area contributed by atoms with Crippen LogP contribution in [0.25, 0.3) is 0 Å². The van der Waals surface area contributed by atoms with E-state index in [0.29, 0.717) is 31.3 Å². The first-order valence-electron chi connectivity index (χ1n) is 4.60. The number of nitro groups is 1. The summed E-state index contributed by atoms with van der Waals surface area (Å²) in [4.78, 5) is 20.2. The van der Waals surface area contributed by atoms with E-state index in [9.17, 15) is 23.7 Å². The molecule has 0 amide bonds. The summed E-state index contributed by atoms with van der Waals surface area (Å²) in [5.41, 5.74) is -2.11. The Labute approximate surface area is 89.0 Å². The number of carbonyl (C=O) groups is 1. The zero-order valence-corrected chi connectivity index (χ0v) is 8.07. The van der Waals surface area contributed by atoms with E-state index in [1.807, 2.05) is 0 Å². The molecule has 1 aliphatic rings. The summed E-state index contributed by atoms with van der Waals surface area (Å²) in [7, 11) is 0. The molecule has 0 unspecified atom stereocenters. The lowest BCUT2D eigenvalue weighted by Gasteiger charge is -2.09. The molecule has 0 heterocycles. The fourth-order valence-electron chi connectivity index (χ4n) is 1.70. The highest BCUT2D eigenvalue weighted by molar-refractivity contribution is 5.73. The molecule has 6 heteroatoms. The molecular weight excluding hydrogens is 220 g/mol. The molecule has 1 aliphatic carbocycles. The van der Waals surface area contributed by atoms with Gasteiger partial charge in [-0.1, -0.05) is 0 Å². The lowest BCUT2D eigenvalue weighted by molar-refractivity contribution is -0.385. The van der Waals surface area contributed by atoms with Gasteiger partial charge in [-0.15, -0.1) is 0 Å². The van der Waals surface area contributed by atoms with Crippen LogP contribution in [0, 0.1) is 21.7 Å². The molecule has 0 radical (unpaired) electrons. The topological polar surface area (TPSA) is 60.2 Å². The van der Waals surface area contributed by atoms with Crippen LogP contribution in [0.2, 0.25) is 0 Å². The number of hydrogen-bond donors (Lipinski definition) is 0. The zero-order valence-electron chi connectivity index (χ0n) is 8.07. The minimum Gasteiger partial charge on any atom is -0.302 e. The Balaban J connectivity index is 2.56. The van der Waals surface area contributed by atoms with Gasteiger partial charge in [0, 0.05) is 5.56 Å². The number of halogens is 2. The third-order valence-electron chi connectivity index (χ3n) is 2.75. The van der Waals surface area contributed by atoms with Gasteiger partial charge in [-0.25, -0.2) is 8.78 Å². The third-order valence-corrected chi connectivity index (χ3v) is 2.75. The Bertz CT molecular complexity index is 460. The van der Waals surface area contributed by atoms with E-state index in [4.69, 9.17) is 0 Å². The Morgan fingerprint density at radius 2 is 1.81 bits per heavy atom. The van der Waals surface area contributed by atoms with Gasteiger partial charge in [0.15, 0.2) is 0 Å². The van der Waals surface area contributed by atoms with Crippen molar-refractivity contribution in [1.82, 2.24) is 0 Å². The quantitative estimate of drug-likeness (QED) is 0.451. The van der Waals surface area contributed by atoms with Crippen LogP contribution in [-0.4, -0.2) is 11.2 Å². The van der Waals surface area contributed by atoms with Gasteiger partial charge in [0.05, 0.1) is 22.5 Å². The molecule has 1 fully saturated rings. The third kappa shape index (κ3) is 1.46. The van der Waals surface area contributed by atoms with E-state index in [1.54, 1.807) is 0 Å². The highest BCUT2D eigenvalue weighted by Gasteiger charge is 2.48.